The highest BCUT2D eigenvalue weighted by molar-refractivity contribution is 5.79. The molecule has 4 rings (SSSR count). The van der Waals surface area contributed by atoms with Gasteiger partial charge in [-0.25, -0.2) is 0 Å². The number of ether oxygens (including phenoxy) is 3. The molecule has 0 aromatic carbocycles. The summed E-state index contributed by atoms with van der Waals surface area (Å²) in [7, 11) is 1.35. The molecular weight excluding hydrogens is 428 g/mol. The number of furan rings is 1. The van der Waals surface area contributed by atoms with E-state index in [2.05, 4.69) is 0 Å². The van der Waals surface area contributed by atoms with Crippen LogP contribution in [0, 0.1) is 22.7 Å². The smallest absolute Gasteiger partial charge is 0.313 e. The summed E-state index contributed by atoms with van der Waals surface area (Å²) in [6.07, 6.45) is 1.96. The predicted molar refractivity (Wildman–Crippen MR) is 116 cm³/mol. The van der Waals surface area contributed by atoms with Gasteiger partial charge in [0.1, 0.15) is 23.6 Å². The van der Waals surface area contributed by atoms with Crippen LogP contribution in [-0.4, -0.2) is 47.9 Å². The van der Waals surface area contributed by atoms with Crippen LogP contribution in [0.3, 0.4) is 0 Å². The minimum absolute atomic E-state index is 0.277. The van der Waals surface area contributed by atoms with Gasteiger partial charge in [0.05, 0.1) is 19.3 Å². The Morgan fingerprint density at radius 2 is 1.73 bits per heavy atom. The van der Waals surface area contributed by atoms with Gasteiger partial charge in [0, 0.05) is 31.2 Å². The van der Waals surface area contributed by atoms with E-state index in [1.54, 1.807) is 12.3 Å². The molecule has 0 unspecified atom stereocenters. The zero-order chi connectivity index (χ0) is 24.3. The lowest BCUT2D eigenvalue weighted by Gasteiger charge is -2.68. The second-order valence-corrected chi connectivity index (χ2v) is 10.7. The second kappa shape index (κ2) is 7.86. The molecule has 8 heteroatoms. The summed E-state index contributed by atoms with van der Waals surface area (Å²) >= 11 is 0. The highest BCUT2D eigenvalue weighted by Crippen LogP contribution is 2.68. The predicted octanol–water partition coefficient (Wildman–Crippen LogP) is 3.15. The first-order valence-corrected chi connectivity index (χ1v) is 11.6. The minimum atomic E-state index is -1.50. The number of aliphatic hydroxyl groups is 1. The number of hydrogen-bond donors (Lipinski definition) is 1. The lowest BCUT2D eigenvalue weighted by Crippen LogP contribution is -2.77. The summed E-state index contributed by atoms with van der Waals surface area (Å²) in [6.45, 7) is 8.51. The van der Waals surface area contributed by atoms with E-state index in [0.717, 1.165) is 5.56 Å². The average Bonchev–Trinajstić information content (AvgIpc) is 3.19. The molecule has 33 heavy (non-hydrogen) atoms. The van der Waals surface area contributed by atoms with Crippen molar-refractivity contribution in [2.24, 2.45) is 22.7 Å². The molecule has 2 saturated carbocycles. The molecule has 1 aromatic rings. The Morgan fingerprint density at radius 3 is 2.33 bits per heavy atom. The van der Waals surface area contributed by atoms with E-state index in [9.17, 15) is 19.5 Å². The van der Waals surface area contributed by atoms with Gasteiger partial charge in [-0.3, -0.25) is 14.4 Å². The van der Waals surface area contributed by atoms with Crippen LogP contribution in [0.4, 0.5) is 0 Å². The molecule has 0 aliphatic heterocycles. The Bertz CT molecular complexity index is 963. The van der Waals surface area contributed by atoms with Crippen molar-refractivity contribution in [1.82, 2.24) is 0 Å². The van der Waals surface area contributed by atoms with Crippen LogP contribution < -0.4 is 0 Å². The van der Waals surface area contributed by atoms with Crippen LogP contribution in [0.25, 0.3) is 0 Å². The third-order valence-corrected chi connectivity index (χ3v) is 8.81. The fourth-order valence-corrected chi connectivity index (χ4v) is 7.39. The Hall–Kier alpha value is -2.35. The Kier molecular flexibility index (Phi) is 5.67. The van der Waals surface area contributed by atoms with Crippen molar-refractivity contribution < 1.29 is 38.1 Å². The normalized spacial score (nSPS) is 38.8. The molecule has 3 aliphatic carbocycles. The molecule has 0 bridgehead atoms. The van der Waals surface area contributed by atoms with Crippen LogP contribution in [0.5, 0.6) is 0 Å². The first-order valence-electron chi connectivity index (χ1n) is 11.6. The first kappa shape index (κ1) is 23.8. The van der Waals surface area contributed by atoms with Gasteiger partial charge >= 0.3 is 17.9 Å². The van der Waals surface area contributed by atoms with Crippen molar-refractivity contribution in [3.63, 3.8) is 0 Å². The second-order valence-electron chi connectivity index (χ2n) is 10.7. The maximum Gasteiger partial charge on any atom is 0.313 e. The average molecular weight is 463 g/mol. The molecule has 0 saturated heterocycles. The van der Waals surface area contributed by atoms with Gasteiger partial charge in [-0.15, -0.1) is 0 Å². The van der Waals surface area contributed by atoms with E-state index in [1.165, 1.54) is 21.0 Å². The topological polar surface area (TPSA) is 112 Å². The Labute approximate surface area is 193 Å². The number of rotatable bonds is 3. The lowest BCUT2D eigenvalue weighted by molar-refractivity contribution is -0.317. The number of carbonyl (C=O) groups excluding carboxylic acids is 3. The Balaban J connectivity index is 1.95. The number of carbonyl (C=O) groups is 3. The number of hydrogen-bond acceptors (Lipinski definition) is 8. The third kappa shape index (κ3) is 3.24. The fraction of sp³-hybridized carbons (Fsp3) is 0.720. The molecule has 182 valence electrons. The van der Waals surface area contributed by atoms with Crippen molar-refractivity contribution >= 4 is 17.9 Å². The molecule has 0 amide bonds. The van der Waals surface area contributed by atoms with E-state index in [0.29, 0.717) is 25.0 Å². The van der Waals surface area contributed by atoms with Crippen molar-refractivity contribution in [2.75, 3.05) is 7.11 Å². The molecule has 2 fully saturated rings. The summed E-state index contributed by atoms with van der Waals surface area (Å²) in [5.74, 6) is -1.88. The maximum atomic E-state index is 13.0. The standard InChI is InChI=1S/C25H34O8/c1-13(26)32-19-7-9-23(3,4)25(29)20(33-14(2)27)11-16-17(24(19,25)5)12-18-15(8-10-31-18)21(16)22(28)30-6/h8,10,16-17,19-21,29H,7,9,11-12H2,1-6H3/t16-,17+,19+,20+,21-,24+,25-/m1/s1. The maximum absolute atomic E-state index is 13.0. The van der Waals surface area contributed by atoms with Gasteiger partial charge in [0.15, 0.2) is 0 Å². The zero-order valence-corrected chi connectivity index (χ0v) is 20.2. The number of methoxy groups -OCH3 is 1. The van der Waals surface area contributed by atoms with E-state index >= 15 is 0 Å². The van der Waals surface area contributed by atoms with Crippen molar-refractivity contribution in [2.45, 2.75) is 84.0 Å². The van der Waals surface area contributed by atoms with Gasteiger partial charge < -0.3 is 23.7 Å². The van der Waals surface area contributed by atoms with Crippen molar-refractivity contribution in [3.05, 3.63) is 23.7 Å². The Morgan fingerprint density at radius 1 is 1.09 bits per heavy atom. The van der Waals surface area contributed by atoms with Gasteiger partial charge in [-0.1, -0.05) is 20.8 Å². The number of fused-ring (bicyclic) bond motifs is 4. The van der Waals surface area contributed by atoms with Crippen LogP contribution in [0.1, 0.15) is 71.1 Å². The highest BCUT2D eigenvalue weighted by Gasteiger charge is 2.74. The summed E-state index contributed by atoms with van der Waals surface area (Å²) < 4.78 is 22.6. The molecule has 7 atom stereocenters. The largest absolute Gasteiger partial charge is 0.469 e. The van der Waals surface area contributed by atoms with Crippen molar-refractivity contribution in [1.29, 1.82) is 0 Å². The molecule has 0 spiro atoms. The third-order valence-electron chi connectivity index (χ3n) is 8.81. The molecule has 8 nitrogen and oxygen atoms in total. The molecule has 1 heterocycles. The summed E-state index contributed by atoms with van der Waals surface area (Å²) in [6, 6.07) is 1.78. The fourth-order valence-electron chi connectivity index (χ4n) is 7.39. The van der Waals surface area contributed by atoms with Crippen LogP contribution >= 0.6 is 0 Å². The van der Waals surface area contributed by atoms with E-state index in [1.807, 2.05) is 20.8 Å². The molecular formula is C25H34O8. The molecule has 0 radical (unpaired) electrons. The van der Waals surface area contributed by atoms with Gasteiger partial charge in [0.25, 0.3) is 0 Å². The summed E-state index contributed by atoms with van der Waals surface area (Å²) in [5.41, 5.74) is -2.40. The SMILES string of the molecule is COC(=O)[C@@H]1c2ccoc2C[C@H]2[C@H]1C[C@H](OC(C)=O)[C@@]1(O)C(C)(C)CC[C@H](OC(C)=O)[C@]21C. The minimum Gasteiger partial charge on any atom is -0.469 e. The summed E-state index contributed by atoms with van der Waals surface area (Å²) in [4.78, 5) is 37.3. The van der Waals surface area contributed by atoms with E-state index in [-0.39, 0.29) is 18.3 Å². The van der Waals surface area contributed by atoms with E-state index in [4.69, 9.17) is 18.6 Å². The van der Waals surface area contributed by atoms with Crippen LogP contribution in [0.15, 0.2) is 16.7 Å². The lowest BCUT2D eigenvalue weighted by atomic mass is 9.39. The van der Waals surface area contributed by atoms with Gasteiger partial charge in [-0.2, -0.15) is 0 Å². The quantitative estimate of drug-likeness (QED) is 0.539. The number of esters is 3. The van der Waals surface area contributed by atoms with Gasteiger partial charge in [0.2, 0.25) is 0 Å². The van der Waals surface area contributed by atoms with E-state index < -0.39 is 52.5 Å². The van der Waals surface area contributed by atoms with Crippen LogP contribution in [-0.2, 0) is 35.0 Å². The monoisotopic (exact) mass is 462 g/mol. The van der Waals surface area contributed by atoms with Crippen molar-refractivity contribution in [3.8, 4) is 0 Å². The van der Waals surface area contributed by atoms with Crippen LogP contribution in [0.2, 0.25) is 0 Å². The zero-order valence-electron chi connectivity index (χ0n) is 20.2. The molecule has 3 aliphatic rings. The first-order chi connectivity index (χ1) is 15.4. The molecule has 1 N–H and O–H groups in total. The van der Waals surface area contributed by atoms with Gasteiger partial charge in [-0.05, 0) is 42.6 Å². The summed E-state index contributed by atoms with van der Waals surface area (Å²) in [5, 5.41) is 12.6. The highest BCUT2D eigenvalue weighted by atomic mass is 16.6. The molecule has 1 aromatic heterocycles.